The zero-order valence-electron chi connectivity index (χ0n) is 10.7. The molecule has 0 bridgehead atoms. The predicted octanol–water partition coefficient (Wildman–Crippen LogP) is 2.90. The SMILES string of the molecule is CC(=O)Cn1nc(-c2ccc(F)c(C)c2)cc1C. The number of aryl methyl sites for hydroxylation is 2. The summed E-state index contributed by atoms with van der Waals surface area (Å²) in [7, 11) is 0. The standard InChI is InChI=1S/C14H15FN2O/c1-9-6-12(4-5-13(9)15)14-7-10(2)17(16-14)8-11(3)18/h4-7H,8H2,1-3H3. The number of halogens is 1. The van der Waals surface area contributed by atoms with E-state index in [2.05, 4.69) is 5.10 Å². The van der Waals surface area contributed by atoms with Crippen LogP contribution in [0, 0.1) is 19.7 Å². The van der Waals surface area contributed by atoms with E-state index in [-0.39, 0.29) is 18.1 Å². The molecule has 0 spiro atoms. The molecule has 0 fully saturated rings. The molecule has 0 unspecified atom stereocenters. The quantitative estimate of drug-likeness (QED) is 0.834. The minimum atomic E-state index is -0.223. The smallest absolute Gasteiger partial charge is 0.151 e. The highest BCUT2D eigenvalue weighted by Gasteiger charge is 2.09. The maximum atomic E-state index is 13.2. The molecule has 0 aliphatic rings. The number of hydrogen-bond acceptors (Lipinski definition) is 2. The highest BCUT2D eigenvalue weighted by molar-refractivity contribution is 5.75. The summed E-state index contributed by atoms with van der Waals surface area (Å²) >= 11 is 0. The fourth-order valence-electron chi connectivity index (χ4n) is 1.83. The summed E-state index contributed by atoms with van der Waals surface area (Å²) in [6.07, 6.45) is 0. The monoisotopic (exact) mass is 246 g/mol. The van der Waals surface area contributed by atoms with Gasteiger partial charge in [0.1, 0.15) is 5.82 Å². The van der Waals surface area contributed by atoms with Gasteiger partial charge >= 0.3 is 0 Å². The second-order valence-corrected chi connectivity index (χ2v) is 4.49. The van der Waals surface area contributed by atoms with Crippen LogP contribution in [0.4, 0.5) is 4.39 Å². The Bertz CT molecular complexity index is 602. The van der Waals surface area contributed by atoms with E-state index >= 15 is 0 Å². The van der Waals surface area contributed by atoms with Gasteiger partial charge in [-0.25, -0.2) is 4.39 Å². The average Bonchev–Trinajstić information content (AvgIpc) is 2.63. The van der Waals surface area contributed by atoms with Gasteiger partial charge in [0.05, 0.1) is 12.2 Å². The van der Waals surface area contributed by atoms with Crippen LogP contribution in [0.2, 0.25) is 0 Å². The summed E-state index contributed by atoms with van der Waals surface area (Å²) in [5, 5.41) is 4.36. The topological polar surface area (TPSA) is 34.9 Å². The van der Waals surface area contributed by atoms with Crippen LogP contribution in [0.25, 0.3) is 11.3 Å². The van der Waals surface area contributed by atoms with E-state index in [1.54, 1.807) is 23.7 Å². The van der Waals surface area contributed by atoms with Crippen LogP contribution in [0.3, 0.4) is 0 Å². The average molecular weight is 246 g/mol. The Kier molecular flexibility index (Phi) is 3.28. The molecule has 1 heterocycles. The van der Waals surface area contributed by atoms with Gasteiger partial charge in [-0.05, 0) is 50.6 Å². The van der Waals surface area contributed by atoms with Crippen molar-refractivity contribution in [3.05, 3.63) is 41.3 Å². The van der Waals surface area contributed by atoms with Gasteiger partial charge in [0.2, 0.25) is 0 Å². The van der Waals surface area contributed by atoms with Crippen LogP contribution < -0.4 is 0 Å². The van der Waals surface area contributed by atoms with E-state index < -0.39 is 0 Å². The zero-order valence-corrected chi connectivity index (χ0v) is 10.7. The summed E-state index contributed by atoms with van der Waals surface area (Å²) in [6, 6.07) is 6.79. The number of carbonyl (C=O) groups is 1. The third-order valence-electron chi connectivity index (χ3n) is 2.81. The van der Waals surface area contributed by atoms with Crippen LogP contribution in [0.15, 0.2) is 24.3 Å². The molecule has 94 valence electrons. The third kappa shape index (κ3) is 2.47. The maximum absolute atomic E-state index is 13.2. The Balaban J connectivity index is 2.39. The van der Waals surface area contributed by atoms with Crippen LogP contribution in [0.1, 0.15) is 18.2 Å². The molecule has 1 aromatic carbocycles. The van der Waals surface area contributed by atoms with E-state index in [4.69, 9.17) is 0 Å². The van der Waals surface area contributed by atoms with Gasteiger partial charge in [-0.15, -0.1) is 0 Å². The number of benzene rings is 1. The van der Waals surface area contributed by atoms with Gasteiger partial charge in [-0.1, -0.05) is 0 Å². The summed E-state index contributed by atoms with van der Waals surface area (Å²) < 4.78 is 14.9. The molecule has 2 aromatic rings. The van der Waals surface area contributed by atoms with E-state index in [0.29, 0.717) is 5.56 Å². The minimum absolute atomic E-state index is 0.0584. The number of ketones is 1. The second kappa shape index (κ2) is 4.72. The summed E-state index contributed by atoms with van der Waals surface area (Å²) in [5.41, 5.74) is 3.13. The number of nitrogens with zero attached hydrogens (tertiary/aromatic N) is 2. The van der Waals surface area contributed by atoms with Crippen LogP contribution in [0.5, 0.6) is 0 Å². The molecule has 3 nitrogen and oxygen atoms in total. The van der Waals surface area contributed by atoms with E-state index in [9.17, 15) is 9.18 Å². The van der Waals surface area contributed by atoms with Crippen molar-refractivity contribution in [2.75, 3.05) is 0 Å². The van der Waals surface area contributed by atoms with E-state index in [1.165, 1.54) is 13.0 Å². The molecule has 0 atom stereocenters. The molecule has 1 aromatic heterocycles. The Morgan fingerprint density at radius 1 is 1.33 bits per heavy atom. The summed E-state index contributed by atoms with van der Waals surface area (Å²) in [6.45, 7) is 5.42. The van der Waals surface area contributed by atoms with Crippen molar-refractivity contribution in [1.82, 2.24) is 9.78 Å². The number of Topliss-reactive ketones (excluding diaryl/α,β-unsaturated/α-hetero) is 1. The van der Waals surface area contributed by atoms with Crippen molar-refractivity contribution in [2.45, 2.75) is 27.3 Å². The van der Waals surface area contributed by atoms with Gasteiger partial charge in [-0.2, -0.15) is 5.10 Å². The minimum Gasteiger partial charge on any atom is -0.298 e. The number of rotatable bonds is 3. The molecular formula is C14H15FN2O. The zero-order chi connectivity index (χ0) is 13.3. The first kappa shape index (κ1) is 12.5. The van der Waals surface area contributed by atoms with Crippen molar-refractivity contribution >= 4 is 5.78 Å². The molecule has 0 N–H and O–H groups in total. The second-order valence-electron chi connectivity index (χ2n) is 4.49. The van der Waals surface area contributed by atoms with Crippen LogP contribution in [-0.2, 0) is 11.3 Å². The van der Waals surface area contributed by atoms with Gasteiger partial charge in [0.25, 0.3) is 0 Å². The largest absolute Gasteiger partial charge is 0.298 e. The fourth-order valence-corrected chi connectivity index (χ4v) is 1.83. The van der Waals surface area contributed by atoms with E-state index in [0.717, 1.165) is 17.0 Å². The first-order valence-corrected chi connectivity index (χ1v) is 5.78. The van der Waals surface area contributed by atoms with Crippen molar-refractivity contribution in [2.24, 2.45) is 0 Å². The molecule has 0 saturated heterocycles. The Morgan fingerprint density at radius 2 is 2.06 bits per heavy atom. The normalized spacial score (nSPS) is 10.7. The number of aromatic nitrogens is 2. The maximum Gasteiger partial charge on any atom is 0.151 e. The molecule has 4 heteroatoms. The Hall–Kier alpha value is -1.97. The lowest BCUT2D eigenvalue weighted by molar-refractivity contribution is -0.117. The van der Waals surface area contributed by atoms with Crippen LogP contribution >= 0.6 is 0 Å². The predicted molar refractivity (Wildman–Crippen MR) is 67.8 cm³/mol. The van der Waals surface area contributed by atoms with Crippen molar-refractivity contribution < 1.29 is 9.18 Å². The first-order valence-electron chi connectivity index (χ1n) is 5.78. The van der Waals surface area contributed by atoms with Gasteiger partial charge < -0.3 is 0 Å². The summed E-state index contributed by atoms with van der Waals surface area (Å²) in [5.74, 6) is -0.165. The lowest BCUT2D eigenvalue weighted by atomic mass is 10.1. The number of carbonyl (C=O) groups excluding carboxylic acids is 1. The molecule has 0 saturated carbocycles. The van der Waals surface area contributed by atoms with Gasteiger partial charge in [-0.3, -0.25) is 9.48 Å². The molecule has 0 amide bonds. The Morgan fingerprint density at radius 3 is 2.67 bits per heavy atom. The lowest BCUT2D eigenvalue weighted by Gasteiger charge is -2.01. The lowest BCUT2D eigenvalue weighted by Crippen LogP contribution is -2.09. The van der Waals surface area contributed by atoms with Gasteiger partial charge in [0.15, 0.2) is 5.78 Å². The first-order chi connectivity index (χ1) is 8.47. The highest BCUT2D eigenvalue weighted by atomic mass is 19.1. The number of hydrogen-bond donors (Lipinski definition) is 0. The molecule has 0 aliphatic heterocycles. The molecule has 2 rings (SSSR count). The highest BCUT2D eigenvalue weighted by Crippen LogP contribution is 2.21. The molecule has 18 heavy (non-hydrogen) atoms. The van der Waals surface area contributed by atoms with Crippen molar-refractivity contribution in [1.29, 1.82) is 0 Å². The third-order valence-corrected chi connectivity index (χ3v) is 2.81. The van der Waals surface area contributed by atoms with Crippen molar-refractivity contribution in [3.63, 3.8) is 0 Å². The fraction of sp³-hybridized carbons (Fsp3) is 0.286. The van der Waals surface area contributed by atoms with Crippen LogP contribution in [-0.4, -0.2) is 15.6 Å². The molecule has 0 aliphatic carbocycles. The van der Waals surface area contributed by atoms with E-state index in [1.807, 2.05) is 13.0 Å². The molecule has 0 radical (unpaired) electrons. The van der Waals surface area contributed by atoms with Gasteiger partial charge in [0, 0.05) is 11.3 Å². The van der Waals surface area contributed by atoms with Crippen molar-refractivity contribution in [3.8, 4) is 11.3 Å². The summed E-state index contributed by atoms with van der Waals surface area (Å²) in [4.78, 5) is 11.1. The molecular weight excluding hydrogens is 231 g/mol. The Labute approximate surface area is 105 Å².